The van der Waals surface area contributed by atoms with E-state index < -0.39 is 27.8 Å². The molecule has 0 radical (unpaired) electrons. The minimum Gasteiger partial charge on any atom is -0.276 e. The predicted octanol–water partition coefficient (Wildman–Crippen LogP) is 3.57. The molecule has 0 aromatic heterocycles. The van der Waals surface area contributed by atoms with Gasteiger partial charge in [-0.2, -0.15) is 13.2 Å². The van der Waals surface area contributed by atoms with Crippen LogP contribution in [-0.4, -0.2) is 5.24 Å². The van der Waals surface area contributed by atoms with Crippen LogP contribution in [0.2, 0.25) is 0 Å². The molecule has 7 heteroatoms. The zero-order chi connectivity index (χ0) is 13.2. The molecule has 0 aliphatic rings. The molecule has 1 aromatic carbocycles. The van der Waals surface area contributed by atoms with E-state index in [9.17, 15) is 22.2 Å². The lowest BCUT2D eigenvalue weighted by atomic mass is 10.0. The van der Waals surface area contributed by atoms with E-state index in [1.165, 1.54) is 13.0 Å². The van der Waals surface area contributed by atoms with Gasteiger partial charge in [-0.05, 0) is 23.7 Å². The molecular formula is C10H7ClF3O2S+. The summed E-state index contributed by atoms with van der Waals surface area (Å²) in [6, 6.07) is 3.06. The Bertz CT molecular complexity index is 459. The predicted molar refractivity (Wildman–Crippen MR) is 58.1 cm³/mol. The minimum absolute atomic E-state index is 0.176. The number of carbonyl (C=O) groups excluding carboxylic acids is 1. The molecule has 92 valence electrons. The van der Waals surface area contributed by atoms with Crippen molar-refractivity contribution in [2.24, 2.45) is 0 Å². The molecule has 1 atom stereocenters. The number of alkyl halides is 3. The number of hydrogen-bond donors (Lipinski definition) is 0. The summed E-state index contributed by atoms with van der Waals surface area (Å²) in [6.07, 6.45) is -4.68. The van der Waals surface area contributed by atoms with Crippen molar-refractivity contribution in [3.05, 3.63) is 34.9 Å². The Morgan fingerprint density at radius 2 is 2.00 bits per heavy atom. The lowest BCUT2D eigenvalue weighted by Gasteiger charge is -2.11. The first kappa shape index (κ1) is 14.1. The van der Waals surface area contributed by atoms with Crippen LogP contribution in [0, 0.1) is 0 Å². The molecular weight excluding hydrogens is 277 g/mol. The topological polar surface area (TPSA) is 34.1 Å². The van der Waals surface area contributed by atoms with Crippen LogP contribution in [0.4, 0.5) is 13.2 Å². The van der Waals surface area contributed by atoms with Crippen molar-refractivity contribution in [1.29, 1.82) is 0 Å². The zero-order valence-corrected chi connectivity index (χ0v) is 10.1. The van der Waals surface area contributed by atoms with Crippen molar-refractivity contribution < 1.29 is 22.2 Å². The van der Waals surface area contributed by atoms with Gasteiger partial charge in [0.15, 0.2) is 0 Å². The Kier molecular flexibility index (Phi) is 4.21. The van der Waals surface area contributed by atoms with E-state index in [0.29, 0.717) is 0 Å². The van der Waals surface area contributed by atoms with Crippen LogP contribution in [0.15, 0.2) is 18.2 Å². The van der Waals surface area contributed by atoms with Gasteiger partial charge >= 0.3 is 17.8 Å². The summed E-state index contributed by atoms with van der Waals surface area (Å²) in [4.78, 5) is 10.9. The summed E-state index contributed by atoms with van der Waals surface area (Å²) < 4.78 is 48.5. The SMILES string of the molecule is CC([S+]=O)c1ccc(C(=O)Cl)c(C(F)(F)F)c1. The second-order valence-corrected chi connectivity index (χ2v) is 4.56. The summed E-state index contributed by atoms with van der Waals surface area (Å²) in [5.74, 6) is 0. The standard InChI is InChI=1S/C10H7ClF3O2S/c1-5(17-16)6-2-3-7(9(11)15)8(4-6)10(12,13)14/h2-5H,1H3/q+1. The third-order valence-electron chi connectivity index (χ3n) is 2.17. The Morgan fingerprint density at radius 3 is 2.41 bits per heavy atom. The molecule has 2 nitrogen and oxygen atoms in total. The van der Waals surface area contributed by atoms with Crippen LogP contribution in [0.25, 0.3) is 0 Å². The molecule has 0 spiro atoms. The van der Waals surface area contributed by atoms with Crippen molar-refractivity contribution in [3.63, 3.8) is 0 Å². The van der Waals surface area contributed by atoms with E-state index in [4.69, 9.17) is 11.6 Å². The van der Waals surface area contributed by atoms with E-state index in [1.807, 2.05) is 0 Å². The number of carbonyl (C=O) groups is 1. The molecule has 1 unspecified atom stereocenters. The van der Waals surface area contributed by atoms with Crippen molar-refractivity contribution >= 4 is 28.5 Å². The molecule has 1 rings (SSSR count). The second-order valence-electron chi connectivity index (χ2n) is 3.31. The summed E-state index contributed by atoms with van der Waals surface area (Å²) >= 11 is 5.25. The molecule has 0 amide bonds. The number of rotatable bonds is 3. The van der Waals surface area contributed by atoms with Crippen LogP contribution in [0.5, 0.6) is 0 Å². The molecule has 0 heterocycles. The van der Waals surface area contributed by atoms with Gasteiger partial charge in [0.2, 0.25) is 0 Å². The van der Waals surface area contributed by atoms with E-state index in [2.05, 4.69) is 0 Å². The Labute approximate surface area is 104 Å². The number of halogens is 4. The molecule has 1 aromatic rings. The lowest BCUT2D eigenvalue weighted by molar-refractivity contribution is -0.137. The van der Waals surface area contributed by atoms with Crippen molar-refractivity contribution in [3.8, 4) is 0 Å². The maximum Gasteiger partial charge on any atom is 0.466 e. The second kappa shape index (κ2) is 5.10. The van der Waals surface area contributed by atoms with E-state index in [0.717, 1.165) is 12.1 Å². The molecule has 0 aliphatic heterocycles. The highest BCUT2D eigenvalue weighted by Gasteiger charge is 2.36. The Hall–Kier alpha value is -1.01. The zero-order valence-electron chi connectivity index (χ0n) is 8.55. The first-order chi connectivity index (χ1) is 7.77. The number of hydrogen-bond acceptors (Lipinski definition) is 2. The number of benzene rings is 1. The first-order valence-electron chi connectivity index (χ1n) is 4.47. The fourth-order valence-electron chi connectivity index (χ4n) is 1.28. The highest BCUT2D eigenvalue weighted by Crippen LogP contribution is 2.34. The van der Waals surface area contributed by atoms with Crippen LogP contribution >= 0.6 is 11.6 Å². The summed E-state index contributed by atoms with van der Waals surface area (Å²) in [5.41, 5.74) is -1.51. The average molecular weight is 284 g/mol. The van der Waals surface area contributed by atoms with Crippen molar-refractivity contribution in [2.75, 3.05) is 0 Å². The van der Waals surface area contributed by atoms with Gasteiger partial charge in [0, 0.05) is 22.3 Å². The molecule has 17 heavy (non-hydrogen) atoms. The van der Waals surface area contributed by atoms with Crippen molar-refractivity contribution in [2.45, 2.75) is 18.3 Å². The molecule has 0 aliphatic carbocycles. The average Bonchev–Trinajstić information content (AvgIpc) is 2.25. The van der Waals surface area contributed by atoms with Crippen LogP contribution in [0.3, 0.4) is 0 Å². The van der Waals surface area contributed by atoms with Crippen molar-refractivity contribution in [1.82, 2.24) is 0 Å². The molecule has 0 saturated carbocycles. The van der Waals surface area contributed by atoms with Crippen LogP contribution in [-0.2, 0) is 22.1 Å². The molecule has 0 fully saturated rings. The van der Waals surface area contributed by atoms with E-state index in [-0.39, 0.29) is 17.2 Å². The van der Waals surface area contributed by atoms with Crippen LogP contribution in [0.1, 0.15) is 33.7 Å². The highest BCUT2D eigenvalue weighted by atomic mass is 35.5. The largest absolute Gasteiger partial charge is 0.466 e. The van der Waals surface area contributed by atoms with Gasteiger partial charge in [-0.1, -0.05) is 6.07 Å². The summed E-state index contributed by atoms with van der Waals surface area (Å²) in [5, 5.41) is -1.80. The van der Waals surface area contributed by atoms with Gasteiger partial charge in [0.25, 0.3) is 10.5 Å². The maximum absolute atomic E-state index is 12.7. The lowest BCUT2D eigenvalue weighted by Crippen LogP contribution is -2.12. The maximum atomic E-state index is 12.7. The quantitative estimate of drug-likeness (QED) is 0.628. The first-order valence-corrected chi connectivity index (χ1v) is 5.65. The van der Waals surface area contributed by atoms with Gasteiger partial charge in [-0.3, -0.25) is 4.79 Å². The summed E-state index contributed by atoms with van der Waals surface area (Å²) in [6.45, 7) is 1.48. The fraction of sp³-hybridized carbons (Fsp3) is 0.300. The highest BCUT2D eigenvalue weighted by molar-refractivity contribution is 7.65. The van der Waals surface area contributed by atoms with Crippen LogP contribution < -0.4 is 0 Å². The Morgan fingerprint density at radius 1 is 1.41 bits per heavy atom. The van der Waals surface area contributed by atoms with E-state index >= 15 is 0 Å². The van der Waals surface area contributed by atoms with Gasteiger partial charge in [-0.25, -0.2) is 0 Å². The molecule has 0 saturated heterocycles. The van der Waals surface area contributed by atoms with Gasteiger partial charge in [-0.15, -0.1) is 0 Å². The normalized spacial score (nSPS) is 13.2. The van der Waals surface area contributed by atoms with E-state index in [1.54, 1.807) is 0 Å². The molecule has 0 N–H and O–H groups in total. The third kappa shape index (κ3) is 3.23. The third-order valence-corrected chi connectivity index (χ3v) is 2.94. The van der Waals surface area contributed by atoms with Gasteiger partial charge in [0.05, 0.1) is 5.56 Å². The summed E-state index contributed by atoms with van der Waals surface area (Å²) in [7, 11) is 0. The Balaban J connectivity index is 3.39. The monoisotopic (exact) mass is 283 g/mol. The van der Waals surface area contributed by atoms with Gasteiger partial charge < -0.3 is 0 Å². The minimum atomic E-state index is -4.68. The molecule has 0 bridgehead atoms. The fourth-order valence-corrected chi connectivity index (χ4v) is 1.70. The smallest absolute Gasteiger partial charge is 0.276 e. The van der Waals surface area contributed by atoms with Gasteiger partial charge in [0.1, 0.15) is 0 Å².